The van der Waals surface area contributed by atoms with E-state index in [1.54, 1.807) is 24.3 Å². The van der Waals surface area contributed by atoms with Gasteiger partial charge in [0.15, 0.2) is 6.61 Å². The number of rotatable bonds is 2. The average Bonchev–Trinajstić information content (AvgIpc) is 2.15. The molecule has 0 aliphatic heterocycles. The van der Waals surface area contributed by atoms with Crippen molar-refractivity contribution in [1.82, 2.24) is 0 Å². The standard InChI is InChI=1S/C10H8O2S/c1-2-7-12-10(11)8-5-3-4-6-9(8)13/h1,3-6,13H,7H2. The second kappa shape index (κ2) is 4.58. The van der Waals surface area contributed by atoms with Crippen LogP contribution in [0.5, 0.6) is 0 Å². The zero-order valence-corrected chi connectivity index (χ0v) is 7.75. The van der Waals surface area contributed by atoms with Crippen molar-refractivity contribution in [2.45, 2.75) is 4.90 Å². The molecular weight excluding hydrogens is 184 g/mol. The third-order valence-electron chi connectivity index (χ3n) is 1.41. The Morgan fingerprint density at radius 2 is 2.23 bits per heavy atom. The lowest BCUT2D eigenvalue weighted by Crippen LogP contribution is -2.05. The minimum atomic E-state index is -0.441. The molecule has 0 saturated heterocycles. The Hall–Kier alpha value is -1.40. The highest BCUT2D eigenvalue weighted by Gasteiger charge is 2.08. The van der Waals surface area contributed by atoms with Crippen molar-refractivity contribution < 1.29 is 9.53 Å². The zero-order valence-electron chi connectivity index (χ0n) is 6.86. The molecule has 0 aliphatic rings. The first-order chi connectivity index (χ1) is 6.25. The van der Waals surface area contributed by atoms with Crippen molar-refractivity contribution in [1.29, 1.82) is 0 Å². The molecule has 0 aromatic heterocycles. The van der Waals surface area contributed by atoms with Crippen LogP contribution in [0.25, 0.3) is 0 Å². The Bertz CT molecular complexity index is 352. The molecule has 0 N–H and O–H groups in total. The summed E-state index contributed by atoms with van der Waals surface area (Å²) >= 11 is 4.11. The van der Waals surface area contributed by atoms with Crippen LogP contribution < -0.4 is 0 Å². The minimum absolute atomic E-state index is 0.0130. The molecule has 0 radical (unpaired) electrons. The van der Waals surface area contributed by atoms with Gasteiger partial charge in [0.2, 0.25) is 0 Å². The number of terminal acetylenes is 1. The number of carbonyl (C=O) groups excluding carboxylic acids is 1. The van der Waals surface area contributed by atoms with Gasteiger partial charge in [0.1, 0.15) is 0 Å². The first-order valence-electron chi connectivity index (χ1n) is 3.64. The first kappa shape index (κ1) is 9.69. The number of hydrogen-bond acceptors (Lipinski definition) is 3. The summed E-state index contributed by atoms with van der Waals surface area (Å²) in [5, 5.41) is 0. The highest BCUT2D eigenvalue weighted by molar-refractivity contribution is 7.80. The zero-order chi connectivity index (χ0) is 9.68. The summed E-state index contributed by atoms with van der Waals surface area (Å²) in [5.41, 5.74) is 0.432. The van der Waals surface area contributed by atoms with Gasteiger partial charge in [-0.15, -0.1) is 19.1 Å². The van der Waals surface area contributed by atoms with E-state index in [9.17, 15) is 4.79 Å². The van der Waals surface area contributed by atoms with Crippen molar-refractivity contribution in [2.75, 3.05) is 6.61 Å². The van der Waals surface area contributed by atoms with E-state index in [1.807, 2.05) is 0 Å². The Morgan fingerprint density at radius 1 is 1.54 bits per heavy atom. The van der Waals surface area contributed by atoms with Crippen LogP contribution in [0.4, 0.5) is 0 Å². The Kier molecular flexibility index (Phi) is 3.41. The van der Waals surface area contributed by atoms with Crippen LogP contribution >= 0.6 is 12.6 Å². The summed E-state index contributed by atoms with van der Waals surface area (Å²) in [6, 6.07) is 6.89. The molecule has 3 heteroatoms. The molecule has 0 atom stereocenters. The third-order valence-corrected chi connectivity index (χ3v) is 1.80. The monoisotopic (exact) mass is 192 g/mol. The molecule has 13 heavy (non-hydrogen) atoms. The molecule has 0 heterocycles. The predicted octanol–water partition coefficient (Wildman–Crippen LogP) is 1.77. The molecule has 2 nitrogen and oxygen atoms in total. The van der Waals surface area contributed by atoms with E-state index < -0.39 is 5.97 Å². The summed E-state index contributed by atoms with van der Waals surface area (Å²) in [4.78, 5) is 11.8. The van der Waals surface area contributed by atoms with E-state index in [0.717, 1.165) is 0 Å². The predicted molar refractivity (Wildman–Crippen MR) is 52.8 cm³/mol. The van der Waals surface area contributed by atoms with Gasteiger partial charge in [-0.05, 0) is 12.1 Å². The molecule has 0 fully saturated rings. The molecule has 0 unspecified atom stereocenters. The fourth-order valence-corrected chi connectivity index (χ4v) is 1.08. The molecular formula is C10H8O2S. The van der Waals surface area contributed by atoms with Crippen molar-refractivity contribution in [3.05, 3.63) is 29.8 Å². The fraction of sp³-hybridized carbons (Fsp3) is 0.100. The van der Waals surface area contributed by atoms with Gasteiger partial charge in [-0.25, -0.2) is 4.79 Å². The first-order valence-corrected chi connectivity index (χ1v) is 4.09. The molecule has 0 amide bonds. The molecule has 0 saturated carbocycles. The van der Waals surface area contributed by atoms with Gasteiger partial charge in [-0.1, -0.05) is 18.1 Å². The van der Waals surface area contributed by atoms with Gasteiger partial charge in [0.05, 0.1) is 5.56 Å². The molecule has 66 valence electrons. The lowest BCUT2D eigenvalue weighted by atomic mass is 10.2. The van der Waals surface area contributed by atoms with E-state index in [1.165, 1.54) is 0 Å². The Labute approximate surface area is 82.3 Å². The number of hydrogen-bond donors (Lipinski definition) is 1. The second-order valence-corrected chi connectivity index (χ2v) is 2.78. The van der Waals surface area contributed by atoms with Crippen LogP contribution in [0, 0.1) is 12.3 Å². The Balaban J connectivity index is 2.78. The highest BCUT2D eigenvalue weighted by Crippen LogP contribution is 2.13. The lowest BCUT2D eigenvalue weighted by molar-refractivity contribution is 0.0553. The van der Waals surface area contributed by atoms with E-state index in [4.69, 9.17) is 11.2 Å². The maximum absolute atomic E-state index is 11.3. The van der Waals surface area contributed by atoms with Gasteiger partial charge in [0.25, 0.3) is 0 Å². The van der Waals surface area contributed by atoms with Crippen molar-refractivity contribution in [2.24, 2.45) is 0 Å². The van der Waals surface area contributed by atoms with Crippen LogP contribution in [0.1, 0.15) is 10.4 Å². The quantitative estimate of drug-likeness (QED) is 0.439. The summed E-state index contributed by atoms with van der Waals surface area (Å²) in [6.45, 7) is -0.0130. The second-order valence-electron chi connectivity index (χ2n) is 2.30. The maximum atomic E-state index is 11.3. The number of benzene rings is 1. The largest absolute Gasteiger partial charge is 0.449 e. The molecule has 1 aromatic rings. The maximum Gasteiger partial charge on any atom is 0.340 e. The molecule has 0 spiro atoms. The lowest BCUT2D eigenvalue weighted by Gasteiger charge is -2.02. The number of ether oxygens (including phenoxy) is 1. The van der Waals surface area contributed by atoms with Crippen LogP contribution in [-0.4, -0.2) is 12.6 Å². The van der Waals surface area contributed by atoms with Crippen LogP contribution in [0.3, 0.4) is 0 Å². The summed E-state index contributed by atoms with van der Waals surface area (Å²) < 4.78 is 4.73. The normalized spacial score (nSPS) is 8.92. The molecule has 1 aromatic carbocycles. The van der Waals surface area contributed by atoms with Gasteiger partial charge in [-0.3, -0.25) is 0 Å². The smallest absolute Gasteiger partial charge is 0.340 e. The van der Waals surface area contributed by atoms with Gasteiger partial charge in [0, 0.05) is 4.90 Å². The van der Waals surface area contributed by atoms with Crippen LogP contribution in [0.15, 0.2) is 29.2 Å². The van der Waals surface area contributed by atoms with Crippen molar-refractivity contribution in [3.8, 4) is 12.3 Å². The number of carbonyl (C=O) groups is 1. The van der Waals surface area contributed by atoms with E-state index in [-0.39, 0.29) is 6.61 Å². The van der Waals surface area contributed by atoms with Crippen molar-refractivity contribution >= 4 is 18.6 Å². The van der Waals surface area contributed by atoms with Crippen LogP contribution in [-0.2, 0) is 4.74 Å². The van der Waals surface area contributed by atoms with E-state index in [0.29, 0.717) is 10.5 Å². The number of thiol groups is 1. The van der Waals surface area contributed by atoms with E-state index in [2.05, 4.69) is 18.5 Å². The number of esters is 1. The topological polar surface area (TPSA) is 26.3 Å². The van der Waals surface area contributed by atoms with Gasteiger partial charge in [-0.2, -0.15) is 0 Å². The average molecular weight is 192 g/mol. The molecule has 1 rings (SSSR count). The minimum Gasteiger partial charge on any atom is -0.449 e. The van der Waals surface area contributed by atoms with Crippen molar-refractivity contribution in [3.63, 3.8) is 0 Å². The SMILES string of the molecule is C#CCOC(=O)c1ccccc1S. The Morgan fingerprint density at radius 3 is 2.85 bits per heavy atom. The molecule has 0 aliphatic carbocycles. The van der Waals surface area contributed by atoms with E-state index >= 15 is 0 Å². The summed E-state index contributed by atoms with van der Waals surface area (Å²) in [6.07, 6.45) is 4.95. The van der Waals surface area contributed by atoms with Crippen LogP contribution in [0.2, 0.25) is 0 Å². The fourth-order valence-electron chi connectivity index (χ4n) is 0.831. The summed E-state index contributed by atoms with van der Waals surface area (Å²) in [7, 11) is 0. The highest BCUT2D eigenvalue weighted by atomic mass is 32.1. The third kappa shape index (κ3) is 2.53. The van der Waals surface area contributed by atoms with Gasteiger partial charge < -0.3 is 4.74 Å². The van der Waals surface area contributed by atoms with Gasteiger partial charge >= 0.3 is 5.97 Å². The summed E-state index contributed by atoms with van der Waals surface area (Å²) in [5.74, 6) is 1.78. The molecule has 0 bridgehead atoms.